The zero-order valence-corrected chi connectivity index (χ0v) is 24.0. The van der Waals surface area contributed by atoms with E-state index in [-0.39, 0.29) is 42.6 Å². The van der Waals surface area contributed by atoms with Crippen molar-refractivity contribution in [1.82, 2.24) is 0 Å². The quantitative estimate of drug-likeness (QED) is 0.309. The van der Waals surface area contributed by atoms with Crippen molar-refractivity contribution < 1.29 is 39.3 Å². The average molecular weight is 462 g/mol. The third-order valence-corrected chi connectivity index (χ3v) is 8.06. The van der Waals surface area contributed by atoms with Crippen LogP contribution in [0.2, 0.25) is 15.8 Å². The molecule has 0 N–H and O–H groups in total. The third kappa shape index (κ3) is 40.3. The van der Waals surface area contributed by atoms with E-state index in [2.05, 4.69) is 41.5 Å². The number of allylic oxidation sites excluding steroid dienone is 4. The van der Waals surface area contributed by atoms with Gasteiger partial charge in [-0.25, -0.2) is 0 Å². The van der Waals surface area contributed by atoms with Gasteiger partial charge in [-0.2, -0.15) is 0 Å². The Hall–Kier alpha value is -0.424. The number of ketones is 2. The largest absolute Gasteiger partial charge is 2.00 e. The fraction of sp³-hybridized carbons (Fsp3) is 0.727. The van der Waals surface area contributed by atoms with Gasteiger partial charge in [0.15, 0.2) is 11.6 Å². The maximum atomic E-state index is 9.98. The van der Waals surface area contributed by atoms with Gasteiger partial charge < -0.3 is 10.2 Å². The summed E-state index contributed by atoms with van der Waals surface area (Å²) in [5, 5.41) is 24.6. The van der Waals surface area contributed by atoms with Crippen LogP contribution in [-0.4, -0.2) is 25.7 Å². The monoisotopic (exact) mass is 460 g/mol. The second-order valence-electron chi connectivity index (χ2n) is 8.49. The first-order valence-electron chi connectivity index (χ1n) is 9.88. The molecule has 0 spiro atoms. The molecule has 158 valence electrons. The molecule has 0 aromatic rings. The van der Waals surface area contributed by atoms with Crippen molar-refractivity contribution in [2.24, 2.45) is 17.8 Å². The van der Waals surface area contributed by atoms with E-state index in [1.165, 1.54) is 27.7 Å². The first-order chi connectivity index (χ1) is 12.2. The van der Waals surface area contributed by atoms with Crippen molar-refractivity contribution in [1.29, 1.82) is 0 Å². The van der Waals surface area contributed by atoms with E-state index in [0.717, 1.165) is 29.9 Å². The molecule has 0 heterocycles. The molecule has 0 amide bonds. The first kappa shape index (κ1) is 35.0. The summed E-state index contributed by atoms with van der Waals surface area (Å²) in [6.45, 7) is 19.6. The number of carbonyl (C=O) groups is 2. The van der Waals surface area contributed by atoms with Gasteiger partial charge in [0, 0.05) is 0 Å². The predicted octanol–water partition coefficient (Wildman–Crippen LogP) is 4.13. The summed E-state index contributed by atoms with van der Waals surface area (Å²) in [5.41, 5.74) is 0. The summed E-state index contributed by atoms with van der Waals surface area (Å²) in [4.78, 5) is 20.0. The molecule has 0 saturated heterocycles. The number of hydrogen-bond donors (Lipinski definition) is 0. The molecule has 0 bridgehead atoms. The van der Waals surface area contributed by atoms with Crippen molar-refractivity contribution in [3.8, 4) is 0 Å². The maximum absolute atomic E-state index is 9.98. The molecule has 0 radical (unpaired) electrons. The van der Waals surface area contributed by atoms with Crippen LogP contribution < -0.4 is 10.2 Å². The SMILES string of the molecule is CC(=O)/C=C(/C)[O-].CC(=O)/C=C(/C)[O-].CC(C)[CH2][Al]([CH2]C(C)C)[CH2]C(C)C.[Zn+2]. The van der Waals surface area contributed by atoms with Gasteiger partial charge in [0.05, 0.1) is 0 Å². The van der Waals surface area contributed by atoms with Gasteiger partial charge in [0.25, 0.3) is 14.1 Å². The smallest absolute Gasteiger partial charge is 0.876 e. The molecule has 28 heavy (non-hydrogen) atoms. The minimum Gasteiger partial charge on any atom is -0.876 e. The average Bonchev–Trinajstić information content (AvgIpc) is 2.33. The Bertz CT molecular complexity index is 409. The zero-order valence-electron chi connectivity index (χ0n) is 19.9. The van der Waals surface area contributed by atoms with E-state index in [9.17, 15) is 19.8 Å². The van der Waals surface area contributed by atoms with Gasteiger partial charge in [-0.15, -0.1) is 11.5 Å². The van der Waals surface area contributed by atoms with Crippen LogP contribution in [0.1, 0.15) is 69.2 Å². The second-order valence-corrected chi connectivity index (χ2v) is 11.6. The van der Waals surface area contributed by atoms with Crippen molar-refractivity contribution in [3.63, 3.8) is 0 Å². The van der Waals surface area contributed by atoms with E-state index in [0.29, 0.717) is 0 Å². The Morgan fingerprint density at radius 3 is 0.964 bits per heavy atom. The van der Waals surface area contributed by atoms with Crippen LogP contribution in [0.4, 0.5) is 0 Å². The Kier molecular flexibility index (Phi) is 26.6. The van der Waals surface area contributed by atoms with E-state index in [4.69, 9.17) is 0 Å². The van der Waals surface area contributed by atoms with Gasteiger partial charge >= 0.3 is 19.5 Å². The molecule has 0 aliphatic heterocycles. The number of carbonyl (C=O) groups excluding carboxylic acids is 2. The molecular formula is C22H41AlO4Zn. The minimum absolute atomic E-state index is 0. The third-order valence-electron chi connectivity index (χ3n) is 3.23. The van der Waals surface area contributed by atoms with Crippen molar-refractivity contribution in [2.75, 3.05) is 0 Å². The molecule has 0 rings (SSSR count). The second kappa shape index (κ2) is 21.3. The summed E-state index contributed by atoms with van der Waals surface area (Å²) in [7, 11) is 0. The van der Waals surface area contributed by atoms with Crippen LogP contribution >= 0.6 is 0 Å². The van der Waals surface area contributed by atoms with Crippen LogP contribution in [-0.2, 0) is 29.1 Å². The van der Waals surface area contributed by atoms with Crippen molar-refractivity contribution in [3.05, 3.63) is 23.7 Å². The van der Waals surface area contributed by atoms with Crippen LogP contribution in [0, 0.1) is 17.8 Å². The molecule has 0 aliphatic carbocycles. The zero-order chi connectivity index (χ0) is 22.2. The normalized spacial score (nSPS) is 11.2. The summed E-state index contributed by atoms with van der Waals surface area (Å²) in [5.74, 6) is 2.03. The molecule has 0 atom stereocenters. The predicted molar refractivity (Wildman–Crippen MR) is 114 cm³/mol. The molecule has 0 aromatic heterocycles. The van der Waals surface area contributed by atoms with Crippen LogP contribution in [0.3, 0.4) is 0 Å². The Morgan fingerprint density at radius 2 is 0.893 bits per heavy atom. The van der Waals surface area contributed by atoms with Crippen LogP contribution in [0.5, 0.6) is 0 Å². The molecule has 0 unspecified atom stereocenters. The van der Waals surface area contributed by atoms with Crippen LogP contribution in [0.15, 0.2) is 23.7 Å². The minimum atomic E-state index is -0.407. The summed E-state index contributed by atoms with van der Waals surface area (Å²) >= 11 is -0.407. The fourth-order valence-electron chi connectivity index (χ4n) is 2.86. The molecule has 0 fully saturated rings. The molecule has 6 heteroatoms. The summed E-state index contributed by atoms with van der Waals surface area (Å²) in [6.07, 6.45) is 2.11. The topological polar surface area (TPSA) is 80.3 Å². The number of hydrogen-bond acceptors (Lipinski definition) is 4. The van der Waals surface area contributed by atoms with Crippen molar-refractivity contribution in [2.45, 2.75) is 85.1 Å². The van der Waals surface area contributed by atoms with Gasteiger partial charge in [0.1, 0.15) is 0 Å². The van der Waals surface area contributed by atoms with E-state index < -0.39 is 14.1 Å². The molecule has 0 aromatic carbocycles. The number of rotatable bonds is 8. The van der Waals surface area contributed by atoms with Gasteiger partial charge in [-0.05, 0) is 26.0 Å². The molecular weight excluding hydrogens is 421 g/mol. The van der Waals surface area contributed by atoms with E-state index in [1.807, 2.05) is 0 Å². The van der Waals surface area contributed by atoms with Gasteiger partial charge in [0.2, 0.25) is 0 Å². The fourth-order valence-corrected chi connectivity index (χ4v) is 7.44. The Labute approximate surface area is 191 Å². The summed E-state index contributed by atoms with van der Waals surface area (Å²) in [6, 6.07) is 0. The Morgan fingerprint density at radius 1 is 0.679 bits per heavy atom. The maximum Gasteiger partial charge on any atom is 2.00 e. The molecule has 0 aliphatic rings. The van der Waals surface area contributed by atoms with E-state index in [1.54, 1.807) is 15.8 Å². The van der Waals surface area contributed by atoms with Crippen molar-refractivity contribution >= 4 is 25.7 Å². The molecule has 4 nitrogen and oxygen atoms in total. The first-order valence-corrected chi connectivity index (χ1v) is 12.3. The van der Waals surface area contributed by atoms with E-state index >= 15 is 0 Å². The summed E-state index contributed by atoms with van der Waals surface area (Å²) < 4.78 is 0. The van der Waals surface area contributed by atoms with Gasteiger partial charge in [-0.3, -0.25) is 9.59 Å². The Balaban J connectivity index is -0.000000165. The molecule has 0 saturated carbocycles. The standard InChI is InChI=1S/2C5H8O2.3C4H9.Al.Zn/c2*1-4(6)3-5(2)7;3*1-4(2)3;;/h2*3,6H,1-2H3;3*4H,1H2,2-3H3;;/q;;;;;;+2/p-2/b2*4-3-;;;;;. The van der Waals surface area contributed by atoms with Crippen LogP contribution in [0.25, 0.3) is 0 Å². The van der Waals surface area contributed by atoms with Gasteiger partial charge in [-0.1, -0.05) is 89.0 Å².